The van der Waals surface area contributed by atoms with Crippen LogP contribution in [0.3, 0.4) is 0 Å². The molecule has 0 spiro atoms. The van der Waals surface area contributed by atoms with Crippen LogP contribution in [0.15, 0.2) is 47.4 Å². The van der Waals surface area contributed by atoms with Gasteiger partial charge in [0.25, 0.3) is 10.0 Å². The number of hydrogen-bond donors (Lipinski definition) is 1. The van der Waals surface area contributed by atoms with Crippen LogP contribution in [0.25, 0.3) is 0 Å². The van der Waals surface area contributed by atoms with Gasteiger partial charge in [-0.25, -0.2) is 8.42 Å². The number of halogens is 4. The zero-order valence-corrected chi connectivity index (χ0v) is 15.5. The molecule has 0 unspecified atom stereocenters. The van der Waals surface area contributed by atoms with Crippen molar-refractivity contribution in [3.05, 3.63) is 53.1 Å². The van der Waals surface area contributed by atoms with Gasteiger partial charge in [-0.1, -0.05) is 23.7 Å². The van der Waals surface area contributed by atoms with Crippen molar-refractivity contribution in [1.29, 1.82) is 0 Å². The van der Waals surface area contributed by atoms with Crippen molar-refractivity contribution in [2.24, 2.45) is 0 Å². The lowest BCUT2D eigenvalue weighted by atomic mass is 10.2. The molecule has 3 rings (SSSR count). The quantitative estimate of drug-likeness (QED) is 0.812. The second kappa shape index (κ2) is 7.57. The van der Waals surface area contributed by atoms with Crippen LogP contribution in [0.1, 0.15) is 5.56 Å². The van der Waals surface area contributed by atoms with E-state index in [1.165, 1.54) is 12.1 Å². The number of sulfonamides is 1. The molecule has 1 aliphatic rings. The molecule has 0 amide bonds. The Balaban J connectivity index is 2.01. The molecule has 0 aromatic heterocycles. The fourth-order valence-corrected chi connectivity index (χ4v) is 4.27. The molecule has 2 aromatic rings. The zero-order valence-electron chi connectivity index (χ0n) is 14.0. The Morgan fingerprint density at radius 3 is 2.41 bits per heavy atom. The molecule has 0 aliphatic carbocycles. The maximum atomic E-state index is 13.2. The van der Waals surface area contributed by atoms with Crippen molar-refractivity contribution < 1.29 is 26.3 Å². The van der Waals surface area contributed by atoms with Crippen LogP contribution in [-0.4, -0.2) is 34.7 Å². The van der Waals surface area contributed by atoms with Gasteiger partial charge in [0.15, 0.2) is 0 Å². The molecular formula is C17H16ClF3N2O3S. The number of rotatable bonds is 4. The first-order valence-electron chi connectivity index (χ1n) is 8.00. The number of ether oxygens (including phenoxy) is 1. The van der Waals surface area contributed by atoms with E-state index in [-0.39, 0.29) is 10.7 Å². The summed E-state index contributed by atoms with van der Waals surface area (Å²) in [5.74, 6) is 0. The van der Waals surface area contributed by atoms with Crippen molar-refractivity contribution in [2.75, 3.05) is 35.9 Å². The van der Waals surface area contributed by atoms with Gasteiger partial charge >= 0.3 is 6.18 Å². The number of nitrogens with zero attached hydrogens (tertiary/aromatic N) is 1. The number of alkyl halides is 3. The summed E-state index contributed by atoms with van der Waals surface area (Å²) in [4.78, 5) is 1.04. The molecule has 0 atom stereocenters. The smallest absolute Gasteiger partial charge is 0.378 e. The SMILES string of the molecule is O=S(=O)(Nc1cc(Cl)ccc1N1CCOCC1)c1ccccc1C(F)(F)F. The third-order valence-corrected chi connectivity index (χ3v) is 5.70. The highest BCUT2D eigenvalue weighted by atomic mass is 35.5. The average Bonchev–Trinajstić information content (AvgIpc) is 2.61. The molecule has 27 heavy (non-hydrogen) atoms. The van der Waals surface area contributed by atoms with E-state index in [1.54, 1.807) is 12.1 Å². The van der Waals surface area contributed by atoms with Gasteiger partial charge in [0.1, 0.15) is 0 Å². The second-order valence-corrected chi connectivity index (χ2v) is 7.95. The maximum Gasteiger partial charge on any atom is 0.417 e. The third kappa shape index (κ3) is 4.48. The lowest BCUT2D eigenvalue weighted by Gasteiger charge is -2.30. The third-order valence-electron chi connectivity index (χ3n) is 4.04. The van der Waals surface area contributed by atoms with Gasteiger partial charge in [-0.15, -0.1) is 0 Å². The summed E-state index contributed by atoms with van der Waals surface area (Å²) in [5.41, 5.74) is -0.593. The first kappa shape index (κ1) is 19.8. The largest absolute Gasteiger partial charge is 0.417 e. The number of anilines is 2. The van der Waals surface area contributed by atoms with Gasteiger partial charge in [0, 0.05) is 18.1 Å². The van der Waals surface area contributed by atoms with E-state index in [2.05, 4.69) is 4.72 Å². The molecule has 0 saturated carbocycles. The Morgan fingerprint density at radius 2 is 1.74 bits per heavy atom. The number of hydrogen-bond acceptors (Lipinski definition) is 4. The van der Waals surface area contributed by atoms with E-state index in [9.17, 15) is 21.6 Å². The topological polar surface area (TPSA) is 58.6 Å². The Hall–Kier alpha value is -1.97. The molecule has 2 aromatic carbocycles. The van der Waals surface area contributed by atoms with Crippen LogP contribution in [0.2, 0.25) is 5.02 Å². The Kier molecular flexibility index (Phi) is 5.55. The summed E-state index contributed by atoms with van der Waals surface area (Å²) >= 11 is 5.98. The van der Waals surface area contributed by atoms with Crippen molar-refractivity contribution in [3.63, 3.8) is 0 Å². The first-order chi connectivity index (χ1) is 12.7. The standard InChI is InChI=1S/C17H16ClF3N2O3S/c18-12-5-6-15(23-7-9-26-10-8-23)14(11-12)22-27(24,25)16-4-2-1-3-13(16)17(19,20)21/h1-6,11,22H,7-10H2. The fourth-order valence-electron chi connectivity index (χ4n) is 2.80. The van der Waals surface area contributed by atoms with Gasteiger partial charge in [0.05, 0.1) is 35.0 Å². The summed E-state index contributed by atoms with van der Waals surface area (Å²) in [6.45, 7) is 1.97. The van der Waals surface area contributed by atoms with Crippen LogP contribution in [0, 0.1) is 0 Å². The highest BCUT2D eigenvalue weighted by Gasteiger charge is 2.37. The van der Waals surface area contributed by atoms with Crippen molar-refractivity contribution >= 4 is 33.0 Å². The predicted molar refractivity (Wildman–Crippen MR) is 96.7 cm³/mol. The summed E-state index contributed by atoms with van der Waals surface area (Å²) in [7, 11) is -4.49. The Bertz CT molecular complexity index is 929. The number of morpholine rings is 1. The minimum Gasteiger partial charge on any atom is -0.378 e. The molecule has 146 valence electrons. The summed E-state index contributed by atoms with van der Waals surface area (Å²) in [5, 5.41) is 0.258. The summed E-state index contributed by atoms with van der Waals surface area (Å²) in [6.07, 6.45) is -4.80. The molecule has 1 fully saturated rings. The van der Waals surface area contributed by atoms with Crippen molar-refractivity contribution in [3.8, 4) is 0 Å². The monoisotopic (exact) mass is 420 g/mol. The molecule has 1 N–H and O–H groups in total. The van der Waals surface area contributed by atoms with E-state index >= 15 is 0 Å². The van der Waals surface area contributed by atoms with Crippen LogP contribution in [0.5, 0.6) is 0 Å². The summed E-state index contributed by atoms with van der Waals surface area (Å²) < 4.78 is 72.6. The molecular weight excluding hydrogens is 405 g/mol. The molecule has 10 heteroatoms. The Morgan fingerprint density at radius 1 is 1.07 bits per heavy atom. The maximum absolute atomic E-state index is 13.2. The van der Waals surface area contributed by atoms with E-state index in [0.29, 0.717) is 32.0 Å². The molecule has 5 nitrogen and oxygen atoms in total. The zero-order chi connectivity index (χ0) is 19.7. The van der Waals surface area contributed by atoms with E-state index in [1.807, 2.05) is 4.90 Å². The van der Waals surface area contributed by atoms with Crippen LogP contribution in [0.4, 0.5) is 24.5 Å². The lowest BCUT2D eigenvalue weighted by Crippen LogP contribution is -2.36. The summed E-state index contributed by atoms with van der Waals surface area (Å²) in [6, 6.07) is 8.62. The highest BCUT2D eigenvalue weighted by molar-refractivity contribution is 7.92. The molecule has 1 aliphatic heterocycles. The van der Waals surface area contributed by atoms with Crippen molar-refractivity contribution in [1.82, 2.24) is 0 Å². The average molecular weight is 421 g/mol. The van der Waals surface area contributed by atoms with Gasteiger partial charge in [0.2, 0.25) is 0 Å². The fraction of sp³-hybridized carbons (Fsp3) is 0.294. The minimum atomic E-state index is -4.80. The second-order valence-electron chi connectivity index (χ2n) is 5.86. The molecule has 1 heterocycles. The normalized spacial score (nSPS) is 15.6. The minimum absolute atomic E-state index is 0.112. The molecule has 0 radical (unpaired) electrons. The Labute approximate surface area is 159 Å². The van der Waals surface area contributed by atoms with E-state index < -0.39 is 26.7 Å². The van der Waals surface area contributed by atoms with Gasteiger partial charge in [-0.3, -0.25) is 4.72 Å². The van der Waals surface area contributed by atoms with E-state index in [0.717, 1.165) is 18.2 Å². The van der Waals surface area contributed by atoms with Crippen LogP contribution < -0.4 is 9.62 Å². The molecule has 1 saturated heterocycles. The van der Waals surface area contributed by atoms with Gasteiger partial charge < -0.3 is 9.64 Å². The number of benzene rings is 2. The molecule has 0 bridgehead atoms. The lowest BCUT2D eigenvalue weighted by molar-refractivity contribution is -0.139. The highest BCUT2D eigenvalue weighted by Crippen LogP contribution is 2.36. The van der Waals surface area contributed by atoms with Crippen LogP contribution >= 0.6 is 11.6 Å². The van der Waals surface area contributed by atoms with Crippen LogP contribution in [-0.2, 0) is 20.9 Å². The predicted octanol–water partition coefficient (Wildman–Crippen LogP) is 4.00. The first-order valence-corrected chi connectivity index (χ1v) is 9.86. The number of nitrogens with one attached hydrogen (secondary N) is 1. The van der Waals surface area contributed by atoms with Gasteiger partial charge in [-0.2, -0.15) is 13.2 Å². The van der Waals surface area contributed by atoms with E-state index in [4.69, 9.17) is 16.3 Å². The van der Waals surface area contributed by atoms with Gasteiger partial charge in [-0.05, 0) is 30.3 Å². The van der Waals surface area contributed by atoms with Crippen molar-refractivity contribution in [2.45, 2.75) is 11.1 Å².